The number of nitrogens with zero attached hydrogens (tertiary/aromatic N) is 1. The van der Waals surface area contributed by atoms with E-state index >= 15 is 0 Å². The summed E-state index contributed by atoms with van der Waals surface area (Å²) in [5, 5.41) is 12.7. The molecule has 1 atom stereocenters. The van der Waals surface area contributed by atoms with Crippen LogP contribution in [-0.4, -0.2) is 53.2 Å². The fraction of sp³-hybridized carbons (Fsp3) is 0.464. The Morgan fingerprint density at radius 3 is 2.14 bits per heavy atom. The number of rotatable bonds is 8. The molecular weight excluding hydrogens is 444 g/mol. The standard InChI is InChI=1S/C28H34N2O5/c1-3-19(17-25(31)30(2)28(26(32)33)15-9-4-10-16-28)29-27(34)35-18-24-22-13-7-5-11-20(22)21-12-6-8-14-23(21)24/h5-8,11-14,19,24H,3-4,9-10,15-18H2,1-2H3,(H,29,34)(H,32,33)/t19-/m1/s1. The van der Waals surface area contributed by atoms with Crippen LogP contribution in [0, 0.1) is 0 Å². The molecular formula is C28H34N2O5. The van der Waals surface area contributed by atoms with Gasteiger partial charge in [-0.2, -0.15) is 0 Å². The van der Waals surface area contributed by atoms with E-state index in [1.54, 1.807) is 7.05 Å². The highest BCUT2D eigenvalue weighted by Crippen LogP contribution is 2.44. The first-order chi connectivity index (χ1) is 16.9. The number of aliphatic carboxylic acids is 1. The maximum Gasteiger partial charge on any atom is 0.407 e. The maximum absolute atomic E-state index is 13.0. The van der Waals surface area contributed by atoms with Gasteiger partial charge in [0.25, 0.3) is 0 Å². The number of carboxylic acids is 1. The third-order valence-electron chi connectivity index (χ3n) is 7.67. The molecule has 2 aliphatic carbocycles. The predicted octanol–water partition coefficient (Wildman–Crippen LogP) is 4.94. The molecule has 0 saturated heterocycles. The Balaban J connectivity index is 1.36. The number of fused-ring (bicyclic) bond motifs is 3. The number of ether oxygens (including phenoxy) is 1. The first kappa shape index (κ1) is 24.8. The van der Waals surface area contributed by atoms with Gasteiger partial charge in [-0.1, -0.05) is 74.7 Å². The zero-order valence-corrected chi connectivity index (χ0v) is 20.5. The fourth-order valence-electron chi connectivity index (χ4n) is 5.52. The molecule has 0 aliphatic heterocycles. The lowest BCUT2D eigenvalue weighted by molar-refractivity contribution is -0.160. The number of carbonyl (C=O) groups excluding carboxylic acids is 2. The smallest absolute Gasteiger partial charge is 0.407 e. The van der Waals surface area contributed by atoms with Gasteiger partial charge in [0.2, 0.25) is 5.91 Å². The minimum atomic E-state index is -1.16. The zero-order valence-electron chi connectivity index (χ0n) is 20.5. The van der Waals surface area contributed by atoms with E-state index in [1.807, 2.05) is 31.2 Å². The lowest BCUT2D eigenvalue weighted by Crippen LogP contribution is -2.57. The van der Waals surface area contributed by atoms with E-state index in [9.17, 15) is 19.5 Å². The van der Waals surface area contributed by atoms with Crippen LogP contribution in [-0.2, 0) is 14.3 Å². The molecule has 186 valence electrons. The van der Waals surface area contributed by atoms with Gasteiger partial charge < -0.3 is 20.1 Å². The normalized spacial score (nSPS) is 17.1. The summed E-state index contributed by atoms with van der Waals surface area (Å²) in [4.78, 5) is 39.1. The van der Waals surface area contributed by atoms with Gasteiger partial charge >= 0.3 is 12.1 Å². The number of amides is 2. The topological polar surface area (TPSA) is 95.9 Å². The van der Waals surface area contributed by atoms with Gasteiger partial charge in [-0.25, -0.2) is 9.59 Å². The molecule has 2 aromatic rings. The molecule has 0 unspecified atom stereocenters. The van der Waals surface area contributed by atoms with Crippen molar-refractivity contribution in [3.8, 4) is 11.1 Å². The van der Waals surface area contributed by atoms with Crippen LogP contribution < -0.4 is 5.32 Å². The molecule has 0 bridgehead atoms. The van der Waals surface area contributed by atoms with E-state index in [-0.39, 0.29) is 24.9 Å². The van der Waals surface area contributed by atoms with Gasteiger partial charge in [0.1, 0.15) is 12.1 Å². The van der Waals surface area contributed by atoms with Crippen molar-refractivity contribution in [3.05, 3.63) is 59.7 Å². The monoisotopic (exact) mass is 478 g/mol. The van der Waals surface area contributed by atoms with E-state index in [1.165, 1.54) is 4.90 Å². The average molecular weight is 479 g/mol. The molecule has 1 fully saturated rings. The Hall–Kier alpha value is -3.35. The van der Waals surface area contributed by atoms with Crippen LogP contribution in [0.3, 0.4) is 0 Å². The van der Waals surface area contributed by atoms with Gasteiger partial charge in [0.05, 0.1) is 0 Å². The van der Waals surface area contributed by atoms with Crippen molar-refractivity contribution >= 4 is 18.0 Å². The molecule has 2 aliphatic rings. The molecule has 0 radical (unpaired) electrons. The molecule has 2 amide bonds. The Bertz CT molecular complexity index is 1050. The van der Waals surface area contributed by atoms with Crippen molar-refractivity contribution in [2.45, 2.75) is 69.4 Å². The minimum Gasteiger partial charge on any atom is -0.479 e. The number of carboxylic acid groups (broad SMARTS) is 1. The van der Waals surface area contributed by atoms with Gasteiger partial charge in [-0.3, -0.25) is 4.79 Å². The van der Waals surface area contributed by atoms with E-state index < -0.39 is 23.6 Å². The van der Waals surface area contributed by atoms with Crippen LogP contribution in [0.2, 0.25) is 0 Å². The predicted molar refractivity (Wildman–Crippen MR) is 133 cm³/mol. The molecule has 7 nitrogen and oxygen atoms in total. The molecule has 2 aromatic carbocycles. The zero-order chi connectivity index (χ0) is 25.0. The molecule has 0 heterocycles. The fourth-order valence-corrected chi connectivity index (χ4v) is 5.52. The van der Waals surface area contributed by atoms with Gasteiger partial charge in [-0.05, 0) is 41.5 Å². The van der Waals surface area contributed by atoms with Crippen molar-refractivity contribution in [1.29, 1.82) is 0 Å². The Morgan fingerprint density at radius 1 is 1.03 bits per heavy atom. The highest BCUT2D eigenvalue weighted by atomic mass is 16.5. The van der Waals surface area contributed by atoms with E-state index in [0.717, 1.165) is 41.5 Å². The van der Waals surface area contributed by atoms with Gasteiger partial charge in [0.15, 0.2) is 0 Å². The highest BCUT2D eigenvalue weighted by molar-refractivity contribution is 5.87. The van der Waals surface area contributed by atoms with E-state index in [0.29, 0.717) is 19.3 Å². The number of carbonyl (C=O) groups is 3. The third kappa shape index (κ3) is 4.90. The maximum atomic E-state index is 13.0. The average Bonchev–Trinajstić information content (AvgIpc) is 3.20. The molecule has 7 heteroatoms. The molecule has 2 N–H and O–H groups in total. The first-order valence-electron chi connectivity index (χ1n) is 12.5. The van der Waals surface area contributed by atoms with Crippen LogP contribution in [0.5, 0.6) is 0 Å². The number of alkyl carbamates (subject to hydrolysis) is 1. The van der Waals surface area contributed by atoms with Crippen molar-refractivity contribution in [3.63, 3.8) is 0 Å². The van der Waals surface area contributed by atoms with Crippen molar-refractivity contribution in [2.75, 3.05) is 13.7 Å². The number of benzene rings is 2. The first-order valence-corrected chi connectivity index (χ1v) is 12.5. The summed E-state index contributed by atoms with van der Waals surface area (Å²) < 4.78 is 5.62. The summed E-state index contributed by atoms with van der Waals surface area (Å²) >= 11 is 0. The Morgan fingerprint density at radius 2 is 1.60 bits per heavy atom. The second kappa shape index (κ2) is 10.5. The molecule has 0 spiro atoms. The van der Waals surface area contributed by atoms with Gasteiger partial charge in [0, 0.05) is 25.4 Å². The van der Waals surface area contributed by atoms with E-state index in [2.05, 4.69) is 29.6 Å². The third-order valence-corrected chi connectivity index (χ3v) is 7.67. The Kier molecular flexibility index (Phi) is 7.43. The van der Waals surface area contributed by atoms with E-state index in [4.69, 9.17) is 4.74 Å². The van der Waals surface area contributed by atoms with Crippen molar-refractivity contribution in [1.82, 2.24) is 10.2 Å². The lowest BCUT2D eigenvalue weighted by atomic mass is 9.80. The summed E-state index contributed by atoms with van der Waals surface area (Å²) in [6.45, 7) is 2.08. The van der Waals surface area contributed by atoms with Crippen LogP contribution in [0.1, 0.15) is 68.9 Å². The Labute approximate surface area is 206 Å². The summed E-state index contributed by atoms with van der Waals surface area (Å²) in [5.74, 6) is -1.27. The highest BCUT2D eigenvalue weighted by Gasteiger charge is 2.45. The second-order valence-electron chi connectivity index (χ2n) is 9.63. The van der Waals surface area contributed by atoms with Crippen LogP contribution in [0.15, 0.2) is 48.5 Å². The number of hydrogen-bond acceptors (Lipinski definition) is 4. The SMILES string of the molecule is CC[C@H](CC(=O)N(C)C1(C(=O)O)CCCCC1)NC(=O)OCC1c2ccccc2-c2ccccc21. The molecule has 35 heavy (non-hydrogen) atoms. The quantitative estimate of drug-likeness (QED) is 0.560. The van der Waals surface area contributed by atoms with Gasteiger partial charge in [-0.15, -0.1) is 0 Å². The second-order valence-corrected chi connectivity index (χ2v) is 9.63. The van der Waals surface area contributed by atoms with Crippen LogP contribution in [0.4, 0.5) is 4.79 Å². The number of hydrogen-bond donors (Lipinski definition) is 2. The minimum absolute atomic E-state index is 0.0340. The number of likely N-dealkylation sites (N-methyl/N-ethyl adjacent to an activating group) is 1. The largest absolute Gasteiger partial charge is 0.479 e. The van der Waals surface area contributed by atoms with Crippen molar-refractivity contribution in [2.24, 2.45) is 0 Å². The van der Waals surface area contributed by atoms with Crippen LogP contribution >= 0.6 is 0 Å². The lowest BCUT2D eigenvalue weighted by Gasteiger charge is -2.41. The van der Waals surface area contributed by atoms with Crippen molar-refractivity contribution < 1.29 is 24.2 Å². The summed E-state index contributed by atoms with van der Waals surface area (Å²) in [5.41, 5.74) is 3.44. The summed E-state index contributed by atoms with van der Waals surface area (Å²) in [6, 6.07) is 15.9. The van der Waals surface area contributed by atoms with Crippen LogP contribution in [0.25, 0.3) is 11.1 Å². The molecule has 0 aromatic heterocycles. The molecule has 4 rings (SSSR count). The number of nitrogens with one attached hydrogen (secondary N) is 1. The summed E-state index contributed by atoms with van der Waals surface area (Å²) in [6.07, 6.45) is 3.48. The molecule has 1 saturated carbocycles. The summed E-state index contributed by atoms with van der Waals surface area (Å²) in [7, 11) is 1.57.